The Morgan fingerprint density at radius 2 is 1.61 bits per heavy atom. The Kier molecular flexibility index (Phi) is 3.89. The highest BCUT2D eigenvalue weighted by Gasteiger charge is 2.60. The van der Waals surface area contributed by atoms with Crippen LogP contribution in [0.15, 0.2) is 0 Å². The first-order valence-corrected chi connectivity index (χ1v) is 10.3. The summed E-state index contributed by atoms with van der Waals surface area (Å²) in [6.07, 6.45) is 12.0. The zero-order valence-electron chi connectivity index (χ0n) is 15.4. The van der Waals surface area contributed by atoms with E-state index in [-0.39, 0.29) is 6.10 Å². The van der Waals surface area contributed by atoms with Gasteiger partial charge in [-0.15, -0.1) is 0 Å². The third-order valence-electron chi connectivity index (χ3n) is 9.36. The van der Waals surface area contributed by atoms with Crippen LogP contribution in [0.5, 0.6) is 0 Å². The van der Waals surface area contributed by atoms with Crippen LogP contribution in [0, 0.1) is 40.4 Å². The van der Waals surface area contributed by atoms with Crippen LogP contribution in [-0.2, 0) is 0 Å². The molecule has 2 unspecified atom stereocenters. The molecule has 0 aliphatic heterocycles. The first-order valence-electron chi connectivity index (χ1n) is 10.3. The zero-order chi connectivity index (χ0) is 16.4. The summed E-state index contributed by atoms with van der Waals surface area (Å²) < 4.78 is 0. The van der Waals surface area contributed by atoms with Crippen molar-refractivity contribution in [1.29, 1.82) is 0 Å². The predicted octanol–water partition coefficient (Wildman–Crippen LogP) is 4.35. The number of aliphatic hydroxyl groups is 1. The van der Waals surface area contributed by atoms with Crippen molar-refractivity contribution < 1.29 is 5.11 Å². The summed E-state index contributed by atoms with van der Waals surface area (Å²) in [6.45, 7) is 7.17. The molecule has 2 nitrogen and oxygen atoms in total. The molecule has 9 atom stereocenters. The second-order valence-corrected chi connectivity index (χ2v) is 10.2. The van der Waals surface area contributed by atoms with E-state index in [2.05, 4.69) is 13.8 Å². The SMILES string of the molecule is C[C@@H](O)[C@H]1CC[C@H]2[C@@H]3CCC4CC(N)CC[C@]4(C)[C@H]3CC[C@]12C. The molecule has 132 valence electrons. The lowest BCUT2D eigenvalue weighted by atomic mass is 9.44. The summed E-state index contributed by atoms with van der Waals surface area (Å²) in [6, 6.07) is 0.463. The number of fused-ring (bicyclic) bond motifs is 5. The van der Waals surface area contributed by atoms with E-state index in [1.54, 1.807) is 0 Å². The lowest BCUT2D eigenvalue weighted by Crippen LogP contribution is -2.55. The third-order valence-corrected chi connectivity index (χ3v) is 9.36. The summed E-state index contributed by atoms with van der Waals surface area (Å²) in [4.78, 5) is 0. The largest absolute Gasteiger partial charge is 0.393 e. The van der Waals surface area contributed by atoms with Gasteiger partial charge in [0.15, 0.2) is 0 Å². The molecule has 0 spiro atoms. The first-order chi connectivity index (χ1) is 10.9. The Labute approximate surface area is 142 Å². The van der Waals surface area contributed by atoms with E-state index in [1.165, 1.54) is 57.8 Å². The minimum Gasteiger partial charge on any atom is -0.393 e. The first kappa shape index (κ1) is 16.4. The van der Waals surface area contributed by atoms with Crippen LogP contribution >= 0.6 is 0 Å². The van der Waals surface area contributed by atoms with Crippen LogP contribution in [0.2, 0.25) is 0 Å². The fraction of sp³-hybridized carbons (Fsp3) is 1.00. The fourth-order valence-electron chi connectivity index (χ4n) is 8.12. The molecule has 3 N–H and O–H groups in total. The van der Waals surface area contributed by atoms with Crippen molar-refractivity contribution in [2.45, 2.75) is 90.7 Å². The average molecular weight is 320 g/mol. The smallest absolute Gasteiger partial charge is 0.0545 e. The van der Waals surface area contributed by atoms with Gasteiger partial charge in [-0.3, -0.25) is 0 Å². The van der Waals surface area contributed by atoms with Crippen LogP contribution < -0.4 is 5.73 Å². The second-order valence-electron chi connectivity index (χ2n) is 10.2. The van der Waals surface area contributed by atoms with Crippen molar-refractivity contribution in [3.8, 4) is 0 Å². The molecule has 0 aromatic rings. The lowest BCUT2D eigenvalue weighted by molar-refractivity contribution is -0.120. The van der Waals surface area contributed by atoms with Gasteiger partial charge in [-0.25, -0.2) is 0 Å². The van der Waals surface area contributed by atoms with Crippen LogP contribution in [0.4, 0.5) is 0 Å². The van der Waals surface area contributed by atoms with Crippen molar-refractivity contribution in [3.63, 3.8) is 0 Å². The molecular formula is C21H37NO. The predicted molar refractivity (Wildman–Crippen MR) is 94.9 cm³/mol. The fourth-order valence-corrected chi connectivity index (χ4v) is 8.12. The molecule has 0 aromatic carbocycles. The summed E-state index contributed by atoms with van der Waals surface area (Å²) in [5, 5.41) is 10.3. The van der Waals surface area contributed by atoms with Gasteiger partial charge in [0.25, 0.3) is 0 Å². The highest BCUT2D eigenvalue weighted by atomic mass is 16.3. The molecule has 0 aromatic heterocycles. The summed E-state index contributed by atoms with van der Waals surface area (Å²) in [7, 11) is 0. The standard InChI is InChI=1S/C21H37NO/c1-13(23)17-6-7-18-16-5-4-14-12-15(22)8-10-20(14,2)19(16)9-11-21(17,18)3/h13-19,23H,4-12,22H2,1-3H3/t13-,14?,15?,16+,17-,18+,19+,20+,21-/m1/s1. The number of hydrogen-bond acceptors (Lipinski definition) is 2. The Hall–Kier alpha value is -0.0800. The number of aliphatic hydroxyl groups excluding tert-OH is 1. The molecule has 4 aliphatic rings. The van der Waals surface area contributed by atoms with Crippen LogP contribution in [0.25, 0.3) is 0 Å². The summed E-state index contributed by atoms with van der Waals surface area (Å²) >= 11 is 0. The molecule has 0 radical (unpaired) electrons. The quantitative estimate of drug-likeness (QED) is 0.754. The number of rotatable bonds is 1. The minimum absolute atomic E-state index is 0.124. The maximum Gasteiger partial charge on any atom is 0.0545 e. The molecule has 0 saturated heterocycles. The Balaban J connectivity index is 1.60. The van der Waals surface area contributed by atoms with Gasteiger partial charge in [0.05, 0.1) is 6.10 Å². The number of hydrogen-bond donors (Lipinski definition) is 2. The second kappa shape index (κ2) is 5.46. The van der Waals surface area contributed by atoms with Gasteiger partial charge in [-0.1, -0.05) is 13.8 Å². The van der Waals surface area contributed by atoms with Crippen LogP contribution in [0.3, 0.4) is 0 Å². The van der Waals surface area contributed by atoms with E-state index in [9.17, 15) is 5.11 Å². The van der Waals surface area contributed by atoms with E-state index in [0.717, 1.165) is 23.7 Å². The normalized spacial score (nSPS) is 57.3. The van der Waals surface area contributed by atoms with E-state index in [1.807, 2.05) is 6.92 Å². The highest BCUT2D eigenvalue weighted by molar-refractivity contribution is 5.09. The lowest BCUT2D eigenvalue weighted by Gasteiger charge is -2.61. The molecule has 2 heteroatoms. The maximum atomic E-state index is 10.3. The molecule has 0 heterocycles. The molecule has 4 rings (SSSR count). The van der Waals surface area contributed by atoms with E-state index >= 15 is 0 Å². The molecule has 4 saturated carbocycles. The van der Waals surface area contributed by atoms with Gasteiger partial charge in [0.1, 0.15) is 0 Å². The minimum atomic E-state index is -0.124. The number of nitrogens with two attached hydrogens (primary N) is 1. The molecule has 0 bridgehead atoms. The van der Waals surface area contributed by atoms with Crippen LogP contribution in [0.1, 0.15) is 78.6 Å². The summed E-state index contributed by atoms with van der Waals surface area (Å²) in [5.74, 6) is 4.14. The monoisotopic (exact) mass is 319 g/mol. The van der Waals surface area contributed by atoms with Gasteiger partial charge >= 0.3 is 0 Å². The maximum absolute atomic E-state index is 10.3. The van der Waals surface area contributed by atoms with Gasteiger partial charge in [0.2, 0.25) is 0 Å². The third kappa shape index (κ3) is 2.27. The topological polar surface area (TPSA) is 46.2 Å². The van der Waals surface area contributed by atoms with E-state index in [4.69, 9.17) is 5.73 Å². The van der Waals surface area contributed by atoms with E-state index in [0.29, 0.717) is 22.8 Å². The molecule has 0 amide bonds. The van der Waals surface area contributed by atoms with Crippen molar-refractivity contribution in [1.82, 2.24) is 0 Å². The zero-order valence-corrected chi connectivity index (χ0v) is 15.4. The van der Waals surface area contributed by atoms with Gasteiger partial charge in [-0.2, -0.15) is 0 Å². The average Bonchev–Trinajstić information content (AvgIpc) is 2.85. The molecule has 4 aliphatic carbocycles. The van der Waals surface area contributed by atoms with Crippen molar-refractivity contribution >= 4 is 0 Å². The molecule has 4 fully saturated rings. The Morgan fingerprint density at radius 1 is 0.913 bits per heavy atom. The highest BCUT2D eigenvalue weighted by Crippen LogP contribution is 2.67. The van der Waals surface area contributed by atoms with Crippen molar-refractivity contribution in [2.24, 2.45) is 46.2 Å². The van der Waals surface area contributed by atoms with Gasteiger partial charge in [0, 0.05) is 6.04 Å². The van der Waals surface area contributed by atoms with Gasteiger partial charge < -0.3 is 10.8 Å². The Bertz CT molecular complexity index is 463. The molecule has 23 heavy (non-hydrogen) atoms. The summed E-state index contributed by atoms with van der Waals surface area (Å²) in [5.41, 5.74) is 7.26. The Morgan fingerprint density at radius 3 is 2.35 bits per heavy atom. The van der Waals surface area contributed by atoms with Crippen LogP contribution in [-0.4, -0.2) is 17.3 Å². The van der Waals surface area contributed by atoms with E-state index < -0.39 is 0 Å². The van der Waals surface area contributed by atoms with Gasteiger partial charge in [-0.05, 0) is 105 Å². The van der Waals surface area contributed by atoms with Crippen molar-refractivity contribution in [2.75, 3.05) is 0 Å². The molecular weight excluding hydrogens is 282 g/mol. The van der Waals surface area contributed by atoms with Crippen molar-refractivity contribution in [3.05, 3.63) is 0 Å².